The number of hydrogen-bond donors (Lipinski definition) is 1. The Morgan fingerprint density at radius 1 is 1.19 bits per heavy atom. The Labute approximate surface area is 162 Å². The van der Waals surface area contributed by atoms with Crippen molar-refractivity contribution < 1.29 is 24.2 Å². The number of carbonyl (C=O) groups excluding carboxylic acids is 1. The predicted molar refractivity (Wildman–Crippen MR) is 103 cm³/mol. The number of carboxylic acid groups (broad SMARTS) is 1. The quantitative estimate of drug-likeness (QED) is 0.787. The summed E-state index contributed by atoms with van der Waals surface area (Å²) < 4.78 is 10.8. The number of amides is 1. The zero-order valence-electron chi connectivity index (χ0n) is 14.9. The number of nitrogens with zero attached hydrogens (tertiary/aromatic N) is 1. The first-order chi connectivity index (χ1) is 13.1. The fourth-order valence-corrected chi connectivity index (χ4v) is 4.39. The van der Waals surface area contributed by atoms with E-state index in [1.807, 2.05) is 54.6 Å². The molecule has 0 aromatic heterocycles. The molecule has 2 unspecified atom stereocenters. The van der Waals surface area contributed by atoms with Gasteiger partial charge in [-0.25, -0.2) is 4.79 Å². The molecule has 0 spiro atoms. The van der Waals surface area contributed by atoms with E-state index < -0.39 is 12.0 Å². The molecule has 1 N–H and O–H groups in total. The summed E-state index contributed by atoms with van der Waals surface area (Å²) in [5.74, 6) is -0.332. The maximum Gasteiger partial charge on any atom is 0.327 e. The highest BCUT2D eigenvalue weighted by Crippen LogP contribution is 2.42. The molecule has 0 aliphatic carbocycles. The van der Waals surface area contributed by atoms with Crippen LogP contribution >= 0.6 is 11.8 Å². The van der Waals surface area contributed by atoms with E-state index in [1.165, 1.54) is 23.8 Å². The lowest BCUT2D eigenvalue weighted by Crippen LogP contribution is -2.44. The number of thioether (sulfide) groups is 1. The summed E-state index contributed by atoms with van der Waals surface area (Å²) in [6.45, 7) is 0.289. The van der Waals surface area contributed by atoms with Gasteiger partial charge in [0.2, 0.25) is 5.91 Å². The zero-order valence-corrected chi connectivity index (χ0v) is 15.7. The van der Waals surface area contributed by atoms with Crippen molar-refractivity contribution in [3.8, 4) is 5.75 Å². The summed E-state index contributed by atoms with van der Waals surface area (Å²) in [6.07, 6.45) is 0. The first-order valence-electron chi connectivity index (χ1n) is 8.51. The summed E-state index contributed by atoms with van der Waals surface area (Å²) in [4.78, 5) is 25.4. The topological polar surface area (TPSA) is 76.1 Å². The SMILES string of the molecule is COCC(=O)N1C(C(=O)O)CSC1c1cccc(OCc2ccccc2)c1. The van der Waals surface area contributed by atoms with Gasteiger partial charge in [0.1, 0.15) is 30.4 Å². The molecule has 0 bridgehead atoms. The first-order valence-corrected chi connectivity index (χ1v) is 9.56. The van der Waals surface area contributed by atoms with Crippen LogP contribution in [0.2, 0.25) is 0 Å². The van der Waals surface area contributed by atoms with Crippen LogP contribution in [0.15, 0.2) is 54.6 Å². The minimum Gasteiger partial charge on any atom is -0.489 e. The first kappa shape index (κ1) is 19.3. The Morgan fingerprint density at radius 2 is 1.96 bits per heavy atom. The summed E-state index contributed by atoms with van der Waals surface area (Å²) in [7, 11) is 1.42. The molecule has 142 valence electrons. The number of methoxy groups -OCH3 is 1. The van der Waals surface area contributed by atoms with Crippen molar-refractivity contribution in [2.24, 2.45) is 0 Å². The van der Waals surface area contributed by atoms with Crippen LogP contribution in [0.1, 0.15) is 16.5 Å². The number of carbonyl (C=O) groups is 2. The average Bonchev–Trinajstić information content (AvgIpc) is 3.13. The molecule has 1 fully saturated rings. The molecule has 0 radical (unpaired) electrons. The van der Waals surface area contributed by atoms with Gasteiger partial charge in [0.15, 0.2) is 0 Å². The van der Waals surface area contributed by atoms with Crippen LogP contribution < -0.4 is 4.74 Å². The van der Waals surface area contributed by atoms with E-state index >= 15 is 0 Å². The maximum absolute atomic E-state index is 12.4. The van der Waals surface area contributed by atoms with Gasteiger partial charge < -0.3 is 19.5 Å². The Kier molecular flexibility index (Phi) is 6.36. The standard InChI is InChI=1S/C20H21NO5S/c1-25-12-18(22)21-17(20(23)24)13-27-19(21)15-8-5-9-16(10-15)26-11-14-6-3-2-4-7-14/h2-10,17,19H,11-13H2,1H3,(H,23,24). The van der Waals surface area contributed by atoms with Crippen molar-refractivity contribution in [1.29, 1.82) is 0 Å². The zero-order chi connectivity index (χ0) is 19.2. The molecule has 27 heavy (non-hydrogen) atoms. The van der Waals surface area contributed by atoms with Crippen LogP contribution in [0, 0.1) is 0 Å². The predicted octanol–water partition coefficient (Wildman–Crippen LogP) is 2.94. The number of hydrogen-bond acceptors (Lipinski definition) is 5. The molecule has 1 heterocycles. The highest BCUT2D eigenvalue weighted by atomic mass is 32.2. The summed E-state index contributed by atoms with van der Waals surface area (Å²) >= 11 is 1.43. The van der Waals surface area contributed by atoms with Gasteiger partial charge >= 0.3 is 5.97 Å². The van der Waals surface area contributed by atoms with E-state index in [4.69, 9.17) is 9.47 Å². The minimum atomic E-state index is -1.01. The van der Waals surface area contributed by atoms with Gasteiger partial charge in [-0.05, 0) is 23.3 Å². The van der Waals surface area contributed by atoms with Crippen molar-refractivity contribution in [3.05, 3.63) is 65.7 Å². The fourth-order valence-electron chi connectivity index (χ4n) is 2.95. The number of benzene rings is 2. The van der Waals surface area contributed by atoms with Crippen LogP contribution in [0.25, 0.3) is 0 Å². The lowest BCUT2D eigenvalue weighted by Gasteiger charge is -2.27. The number of carboxylic acids is 1. The van der Waals surface area contributed by atoms with E-state index in [2.05, 4.69) is 0 Å². The second kappa shape index (κ2) is 8.92. The molecular weight excluding hydrogens is 366 g/mol. The normalized spacial score (nSPS) is 19.1. The maximum atomic E-state index is 12.4. The molecule has 2 aromatic rings. The minimum absolute atomic E-state index is 0.148. The number of aliphatic carboxylic acids is 1. The van der Waals surface area contributed by atoms with Crippen molar-refractivity contribution in [2.75, 3.05) is 19.5 Å². The van der Waals surface area contributed by atoms with E-state index in [1.54, 1.807) is 0 Å². The van der Waals surface area contributed by atoms with Crippen molar-refractivity contribution in [3.63, 3.8) is 0 Å². The largest absolute Gasteiger partial charge is 0.489 e. The van der Waals surface area contributed by atoms with E-state index in [-0.39, 0.29) is 17.9 Å². The lowest BCUT2D eigenvalue weighted by atomic mass is 10.1. The average molecular weight is 387 g/mol. The molecule has 1 saturated heterocycles. The smallest absolute Gasteiger partial charge is 0.327 e. The highest BCUT2D eigenvalue weighted by molar-refractivity contribution is 7.99. The van der Waals surface area contributed by atoms with E-state index in [0.29, 0.717) is 18.1 Å². The second-order valence-electron chi connectivity index (χ2n) is 6.12. The molecule has 1 amide bonds. The van der Waals surface area contributed by atoms with E-state index in [0.717, 1.165) is 11.1 Å². The summed E-state index contributed by atoms with van der Waals surface area (Å²) in [6, 6.07) is 16.4. The fraction of sp³-hybridized carbons (Fsp3) is 0.300. The molecule has 2 aromatic carbocycles. The van der Waals surface area contributed by atoms with Crippen LogP contribution in [-0.2, 0) is 20.9 Å². The van der Waals surface area contributed by atoms with Gasteiger partial charge in [0.05, 0.1) is 0 Å². The lowest BCUT2D eigenvalue weighted by molar-refractivity contribution is -0.150. The number of ether oxygens (including phenoxy) is 2. The Hall–Kier alpha value is -2.51. The molecule has 6 nitrogen and oxygen atoms in total. The van der Waals surface area contributed by atoms with E-state index in [9.17, 15) is 14.7 Å². The van der Waals surface area contributed by atoms with Gasteiger partial charge in [-0.3, -0.25) is 4.79 Å². The van der Waals surface area contributed by atoms with Gasteiger partial charge in [-0.2, -0.15) is 0 Å². The van der Waals surface area contributed by atoms with Crippen LogP contribution in [0.4, 0.5) is 0 Å². The summed E-state index contributed by atoms with van der Waals surface area (Å²) in [5.41, 5.74) is 1.89. The third-order valence-electron chi connectivity index (χ3n) is 4.23. The Balaban J connectivity index is 1.78. The Morgan fingerprint density at radius 3 is 2.67 bits per heavy atom. The van der Waals surface area contributed by atoms with Crippen LogP contribution in [0.3, 0.4) is 0 Å². The molecule has 0 saturated carbocycles. The third-order valence-corrected chi connectivity index (χ3v) is 5.56. The molecule has 1 aliphatic heterocycles. The monoisotopic (exact) mass is 387 g/mol. The van der Waals surface area contributed by atoms with Crippen LogP contribution in [0.5, 0.6) is 5.75 Å². The van der Waals surface area contributed by atoms with Crippen molar-refractivity contribution in [2.45, 2.75) is 18.0 Å². The molecular formula is C20H21NO5S. The third kappa shape index (κ3) is 4.61. The Bertz CT molecular complexity index is 798. The summed E-state index contributed by atoms with van der Waals surface area (Å²) in [5, 5.41) is 9.08. The van der Waals surface area contributed by atoms with Crippen molar-refractivity contribution in [1.82, 2.24) is 4.90 Å². The van der Waals surface area contributed by atoms with Crippen LogP contribution in [-0.4, -0.2) is 47.4 Å². The molecule has 3 rings (SSSR count). The van der Waals surface area contributed by atoms with Gasteiger partial charge in [0.25, 0.3) is 0 Å². The molecule has 2 atom stereocenters. The number of rotatable bonds is 7. The van der Waals surface area contributed by atoms with Gasteiger partial charge in [0, 0.05) is 12.9 Å². The molecule has 1 aliphatic rings. The highest BCUT2D eigenvalue weighted by Gasteiger charge is 2.42. The second-order valence-corrected chi connectivity index (χ2v) is 7.23. The molecule has 7 heteroatoms. The van der Waals surface area contributed by atoms with Crippen molar-refractivity contribution >= 4 is 23.6 Å². The van der Waals surface area contributed by atoms with Gasteiger partial charge in [-0.15, -0.1) is 11.8 Å². The van der Waals surface area contributed by atoms with Gasteiger partial charge in [-0.1, -0.05) is 42.5 Å².